The van der Waals surface area contributed by atoms with E-state index >= 15 is 0 Å². The van der Waals surface area contributed by atoms with Gasteiger partial charge in [-0.3, -0.25) is 0 Å². The number of hydrogen-bond donors (Lipinski definition) is 0. The monoisotopic (exact) mass is 210 g/mol. The summed E-state index contributed by atoms with van der Waals surface area (Å²) in [4.78, 5) is 8.32. The topological polar surface area (TPSA) is 43.1 Å². The third kappa shape index (κ3) is 1.26. The number of halogens is 1. The average molecular weight is 211 g/mol. The SMILES string of the molecule is Cc1nc2ncnn2c(Cl)c1C(C)C. The van der Waals surface area contributed by atoms with Gasteiger partial charge in [0, 0.05) is 11.3 Å². The van der Waals surface area contributed by atoms with Gasteiger partial charge < -0.3 is 0 Å². The van der Waals surface area contributed by atoms with Crippen LogP contribution in [0.1, 0.15) is 31.0 Å². The van der Waals surface area contributed by atoms with E-state index in [1.54, 1.807) is 4.52 Å². The summed E-state index contributed by atoms with van der Waals surface area (Å²) in [5, 5.41) is 4.62. The molecule has 0 N–H and O–H groups in total. The second-order valence-electron chi connectivity index (χ2n) is 3.53. The van der Waals surface area contributed by atoms with Gasteiger partial charge in [0.15, 0.2) is 0 Å². The fourth-order valence-corrected chi connectivity index (χ4v) is 2.05. The lowest BCUT2D eigenvalue weighted by Gasteiger charge is -2.11. The molecule has 74 valence electrons. The lowest BCUT2D eigenvalue weighted by molar-refractivity contribution is 0.806. The molecular formula is C9H11ClN4. The van der Waals surface area contributed by atoms with Gasteiger partial charge in [0.2, 0.25) is 0 Å². The number of aromatic nitrogens is 4. The molecule has 0 bridgehead atoms. The Morgan fingerprint density at radius 1 is 1.43 bits per heavy atom. The Morgan fingerprint density at radius 3 is 2.79 bits per heavy atom. The van der Waals surface area contributed by atoms with Crippen LogP contribution in [0.15, 0.2) is 6.33 Å². The highest BCUT2D eigenvalue weighted by atomic mass is 35.5. The number of aryl methyl sites for hydroxylation is 1. The molecule has 0 saturated carbocycles. The molecule has 2 rings (SSSR count). The van der Waals surface area contributed by atoms with E-state index < -0.39 is 0 Å². The highest BCUT2D eigenvalue weighted by Crippen LogP contribution is 2.26. The third-order valence-corrected chi connectivity index (χ3v) is 2.54. The van der Waals surface area contributed by atoms with Gasteiger partial charge in [-0.05, 0) is 12.8 Å². The second-order valence-corrected chi connectivity index (χ2v) is 3.89. The van der Waals surface area contributed by atoms with Crippen LogP contribution in [0.5, 0.6) is 0 Å². The van der Waals surface area contributed by atoms with Crippen LogP contribution < -0.4 is 0 Å². The average Bonchev–Trinajstić information content (AvgIpc) is 2.50. The Hall–Kier alpha value is -1.16. The Labute approximate surface area is 86.9 Å². The number of nitrogens with zero attached hydrogens (tertiary/aromatic N) is 4. The van der Waals surface area contributed by atoms with Crippen molar-refractivity contribution in [2.24, 2.45) is 0 Å². The molecule has 2 aromatic rings. The zero-order chi connectivity index (χ0) is 10.3. The first-order chi connectivity index (χ1) is 6.61. The van der Waals surface area contributed by atoms with Gasteiger partial charge in [-0.1, -0.05) is 25.4 Å². The molecule has 0 radical (unpaired) electrons. The first kappa shape index (κ1) is 9.40. The van der Waals surface area contributed by atoms with Gasteiger partial charge in [-0.2, -0.15) is 14.6 Å². The highest BCUT2D eigenvalue weighted by Gasteiger charge is 2.14. The van der Waals surface area contributed by atoms with Crippen molar-refractivity contribution in [1.82, 2.24) is 19.6 Å². The first-order valence-corrected chi connectivity index (χ1v) is 4.84. The summed E-state index contributed by atoms with van der Waals surface area (Å²) in [6, 6.07) is 0. The van der Waals surface area contributed by atoms with Crippen molar-refractivity contribution in [1.29, 1.82) is 0 Å². The standard InChI is InChI=1S/C9H11ClN4/c1-5(2)7-6(3)13-9-11-4-12-14(9)8(7)10/h4-5H,1-3H3. The van der Waals surface area contributed by atoms with Crippen LogP contribution in [0.3, 0.4) is 0 Å². The van der Waals surface area contributed by atoms with Crippen LogP contribution in [0, 0.1) is 6.92 Å². The molecule has 14 heavy (non-hydrogen) atoms. The summed E-state index contributed by atoms with van der Waals surface area (Å²) in [5.74, 6) is 0.889. The quantitative estimate of drug-likeness (QED) is 0.678. The number of fused-ring (bicyclic) bond motifs is 1. The van der Waals surface area contributed by atoms with Crippen LogP contribution >= 0.6 is 11.6 Å². The molecule has 0 aromatic carbocycles. The van der Waals surface area contributed by atoms with Gasteiger partial charge in [-0.25, -0.2) is 4.98 Å². The van der Waals surface area contributed by atoms with Crippen molar-refractivity contribution < 1.29 is 0 Å². The molecule has 0 spiro atoms. The molecule has 4 nitrogen and oxygen atoms in total. The molecule has 2 aromatic heterocycles. The van der Waals surface area contributed by atoms with Crippen LogP contribution in [0.4, 0.5) is 0 Å². The van der Waals surface area contributed by atoms with E-state index in [1.165, 1.54) is 6.33 Å². The van der Waals surface area contributed by atoms with Crippen LogP contribution in [-0.4, -0.2) is 19.6 Å². The van der Waals surface area contributed by atoms with Crippen LogP contribution in [0.25, 0.3) is 5.78 Å². The van der Waals surface area contributed by atoms with Crippen molar-refractivity contribution in [3.8, 4) is 0 Å². The van der Waals surface area contributed by atoms with Crippen molar-refractivity contribution in [2.45, 2.75) is 26.7 Å². The molecule has 0 aliphatic heterocycles. The van der Waals surface area contributed by atoms with Crippen molar-refractivity contribution in [2.75, 3.05) is 0 Å². The maximum absolute atomic E-state index is 6.20. The van der Waals surface area contributed by atoms with E-state index in [0.29, 0.717) is 16.8 Å². The molecule has 0 atom stereocenters. The predicted molar refractivity (Wildman–Crippen MR) is 54.6 cm³/mol. The minimum Gasteiger partial charge on any atom is -0.216 e. The first-order valence-electron chi connectivity index (χ1n) is 4.47. The summed E-state index contributed by atoms with van der Waals surface area (Å²) < 4.78 is 1.56. The Bertz CT molecular complexity index is 475. The maximum atomic E-state index is 6.20. The summed E-state index contributed by atoms with van der Waals surface area (Å²) in [5.41, 5.74) is 1.95. The third-order valence-electron chi connectivity index (χ3n) is 2.17. The second kappa shape index (κ2) is 3.20. The van der Waals surface area contributed by atoms with Crippen molar-refractivity contribution >= 4 is 17.4 Å². The van der Waals surface area contributed by atoms with Gasteiger partial charge in [-0.15, -0.1) is 0 Å². The Balaban J connectivity index is 2.82. The molecular weight excluding hydrogens is 200 g/mol. The van der Waals surface area contributed by atoms with E-state index in [-0.39, 0.29) is 0 Å². The smallest absolute Gasteiger partial charge is 0.216 e. The molecule has 0 aliphatic carbocycles. The fourth-order valence-electron chi connectivity index (χ4n) is 1.58. The molecule has 0 saturated heterocycles. The minimum atomic E-state index is 0.337. The summed E-state index contributed by atoms with van der Waals surface area (Å²) in [6.45, 7) is 6.10. The maximum Gasteiger partial charge on any atom is 0.253 e. The van der Waals surface area contributed by atoms with Gasteiger partial charge >= 0.3 is 0 Å². The van der Waals surface area contributed by atoms with E-state index in [9.17, 15) is 0 Å². The molecule has 2 heterocycles. The summed E-state index contributed by atoms with van der Waals surface area (Å²) in [7, 11) is 0. The van der Waals surface area contributed by atoms with Crippen LogP contribution in [0.2, 0.25) is 5.15 Å². The lowest BCUT2D eigenvalue weighted by atomic mass is 10.0. The Morgan fingerprint density at radius 2 is 2.14 bits per heavy atom. The van der Waals surface area contributed by atoms with E-state index in [0.717, 1.165) is 11.3 Å². The lowest BCUT2D eigenvalue weighted by Crippen LogP contribution is -2.04. The molecule has 0 fully saturated rings. The molecule has 0 amide bonds. The zero-order valence-corrected chi connectivity index (χ0v) is 9.08. The van der Waals surface area contributed by atoms with Gasteiger partial charge in [0.25, 0.3) is 5.78 Å². The predicted octanol–water partition coefficient (Wildman–Crippen LogP) is 2.21. The summed E-state index contributed by atoms with van der Waals surface area (Å²) >= 11 is 6.20. The molecule has 5 heteroatoms. The van der Waals surface area contributed by atoms with Crippen molar-refractivity contribution in [3.05, 3.63) is 22.7 Å². The van der Waals surface area contributed by atoms with E-state index in [4.69, 9.17) is 11.6 Å². The number of rotatable bonds is 1. The largest absolute Gasteiger partial charge is 0.253 e. The van der Waals surface area contributed by atoms with Crippen molar-refractivity contribution in [3.63, 3.8) is 0 Å². The fraction of sp³-hybridized carbons (Fsp3) is 0.444. The molecule has 0 aliphatic rings. The summed E-state index contributed by atoms with van der Waals surface area (Å²) in [6.07, 6.45) is 1.46. The van der Waals surface area contributed by atoms with E-state index in [2.05, 4.69) is 28.9 Å². The number of hydrogen-bond acceptors (Lipinski definition) is 3. The van der Waals surface area contributed by atoms with Gasteiger partial charge in [0.1, 0.15) is 11.5 Å². The highest BCUT2D eigenvalue weighted by molar-refractivity contribution is 6.30. The van der Waals surface area contributed by atoms with Crippen LogP contribution in [-0.2, 0) is 0 Å². The van der Waals surface area contributed by atoms with Gasteiger partial charge in [0.05, 0.1) is 0 Å². The zero-order valence-electron chi connectivity index (χ0n) is 8.32. The minimum absolute atomic E-state index is 0.337. The van der Waals surface area contributed by atoms with E-state index in [1.807, 2.05) is 6.92 Å². The molecule has 0 unspecified atom stereocenters. The Kier molecular flexibility index (Phi) is 2.15. The normalized spacial score (nSPS) is 11.5.